The van der Waals surface area contributed by atoms with Crippen molar-refractivity contribution in [2.45, 2.75) is 89.6 Å². The minimum atomic E-state index is -0.333. The summed E-state index contributed by atoms with van der Waals surface area (Å²) < 4.78 is 5.22. The lowest BCUT2D eigenvalue weighted by molar-refractivity contribution is -0.888. The molecule has 5 heteroatoms. The average Bonchev–Trinajstić information content (AvgIpc) is 3.12. The van der Waals surface area contributed by atoms with Gasteiger partial charge < -0.3 is 19.7 Å². The molecule has 30 heavy (non-hydrogen) atoms. The molecular formula is C25H43NO4. The van der Waals surface area contributed by atoms with Gasteiger partial charge in [-0.1, -0.05) is 50.7 Å². The Morgan fingerprint density at radius 1 is 1.03 bits per heavy atom. The summed E-state index contributed by atoms with van der Waals surface area (Å²) in [6.45, 7) is 3.14. The minimum Gasteiger partial charge on any atom is -0.633 e. The molecule has 2 saturated carbocycles. The van der Waals surface area contributed by atoms with Gasteiger partial charge in [-0.2, -0.15) is 0 Å². The van der Waals surface area contributed by atoms with Crippen LogP contribution in [0, 0.1) is 23.0 Å². The van der Waals surface area contributed by atoms with Crippen LogP contribution in [0.25, 0.3) is 0 Å². The predicted molar refractivity (Wildman–Crippen MR) is 120 cm³/mol. The van der Waals surface area contributed by atoms with Crippen LogP contribution in [0.15, 0.2) is 12.2 Å². The van der Waals surface area contributed by atoms with Gasteiger partial charge in [0.25, 0.3) is 0 Å². The summed E-state index contributed by atoms with van der Waals surface area (Å²) >= 11 is 0. The van der Waals surface area contributed by atoms with Gasteiger partial charge in [0.05, 0.1) is 25.9 Å². The fourth-order valence-corrected chi connectivity index (χ4v) is 5.62. The molecule has 0 radical (unpaired) electrons. The Morgan fingerprint density at radius 2 is 1.73 bits per heavy atom. The van der Waals surface area contributed by atoms with Gasteiger partial charge in [0.2, 0.25) is 0 Å². The summed E-state index contributed by atoms with van der Waals surface area (Å²) in [7, 11) is 0. The van der Waals surface area contributed by atoms with Crippen molar-refractivity contribution in [1.82, 2.24) is 0 Å². The summed E-state index contributed by atoms with van der Waals surface area (Å²) in [6, 6.07) is 0. The molecule has 1 heterocycles. The first-order valence-corrected chi connectivity index (χ1v) is 12.6. The molecule has 3 fully saturated rings. The molecule has 172 valence electrons. The quantitative estimate of drug-likeness (QED) is 0.226. The third-order valence-corrected chi connectivity index (χ3v) is 7.71. The number of carbonyl (C=O) groups excluding carboxylic acids is 1. The number of aliphatic hydroxyl groups excluding tert-OH is 1. The van der Waals surface area contributed by atoms with E-state index >= 15 is 0 Å². The van der Waals surface area contributed by atoms with E-state index in [1.165, 1.54) is 19.3 Å². The number of ether oxygens (including phenoxy) is 1. The molecule has 3 aliphatic rings. The number of hydroxylamine groups is 3. The van der Waals surface area contributed by atoms with Crippen LogP contribution in [0.3, 0.4) is 0 Å². The lowest BCUT2D eigenvalue weighted by Crippen LogP contribution is -2.50. The molecule has 3 atom stereocenters. The van der Waals surface area contributed by atoms with Crippen molar-refractivity contribution in [3.63, 3.8) is 0 Å². The van der Waals surface area contributed by atoms with Crippen LogP contribution in [0.5, 0.6) is 0 Å². The topological polar surface area (TPSA) is 69.6 Å². The number of nitrogens with zero attached hydrogens (tertiary/aromatic N) is 1. The highest BCUT2D eigenvalue weighted by Gasteiger charge is 2.32. The van der Waals surface area contributed by atoms with E-state index < -0.39 is 0 Å². The first kappa shape index (κ1) is 23.9. The molecule has 0 aromatic rings. The Balaban J connectivity index is 1.30. The maximum Gasteiger partial charge on any atom is 0.136 e. The third kappa shape index (κ3) is 7.44. The van der Waals surface area contributed by atoms with E-state index in [2.05, 4.69) is 6.08 Å². The smallest absolute Gasteiger partial charge is 0.136 e. The predicted octanol–water partition coefficient (Wildman–Crippen LogP) is 4.76. The van der Waals surface area contributed by atoms with Crippen molar-refractivity contribution in [1.29, 1.82) is 0 Å². The molecule has 3 rings (SSSR count). The maximum absolute atomic E-state index is 12.5. The molecule has 0 aromatic carbocycles. The number of quaternary nitrogens is 1. The van der Waals surface area contributed by atoms with Crippen molar-refractivity contribution in [3.8, 4) is 0 Å². The Bertz CT molecular complexity index is 537. The zero-order valence-corrected chi connectivity index (χ0v) is 18.8. The van der Waals surface area contributed by atoms with Crippen LogP contribution < -0.4 is 0 Å². The highest BCUT2D eigenvalue weighted by Crippen LogP contribution is 2.35. The van der Waals surface area contributed by atoms with Crippen molar-refractivity contribution in [2.24, 2.45) is 17.8 Å². The second kappa shape index (κ2) is 12.3. The van der Waals surface area contributed by atoms with Gasteiger partial charge in [0.15, 0.2) is 0 Å². The largest absolute Gasteiger partial charge is 0.633 e. The van der Waals surface area contributed by atoms with E-state index in [0.29, 0.717) is 50.3 Å². The third-order valence-electron chi connectivity index (χ3n) is 7.71. The van der Waals surface area contributed by atoms with E-state index in [1.54, 1.807) is 0 Å². The summed E-state index contributed by atoms with van der Waals surface area (Å²) in [4.78, 5) is 12.4. The molecule has 1 aliphatic heterocycles. The first-order chi connectivity index (χ1) is 14.6. The number of hydrogen-bond donors (Lipinski definition) is 1. The number of Topliss-reactive ketones (excluding diaryl/α,β-unsaturated/α-hetero) is 1. The van der Waals surface area contributed by atoms with Gasteiger partial charge in [0.1, 0.15) is 18.9 Å². The SMILES string of the molecule is O=C1CC[C@H](/C=C/[C@H](O)C2CCCCC2)[C@H]1CCCCCCC[N+]1([O-])CCOCC1. The standard InChI is InChI=1S/C25H43NO4/c27-24(22-9-5-4-6-10-22)14-12-21-13-15-25(28)23(21)11-7-2-1-3-8-16-26(29)17-19-30-20-18-26/h12,14,21-24,27H,1-11,13,15-20H2/b14-12+/t21-,23+,24-/m0/s1. The average molecular weight is 422 g/mol. The highest BCUT2D eigenvalue weighted by atomic mass is 16.6. The van der Waals surface area contributed by atoms with Gasteiger partial charge in [-0.3, -0.25) is 4.79 Å². The molecule has 0 unspecified atom stereocenters. The summed E-state index contributed by atoms with van der Waals surface area (Å²) in [5.41, 5.74) is 0. The molecule has 1 N–H and O–H groups in total. The van der Waals surface area contributed by atoms with Crippen LogP contribution in [0.4, 0.5) is 0 Å². The van der Waals surface area contributed by atoms with E-state index in [0.717, 1.165) is 64.3 Å². The van der Waals surface area contributed by atoms with Gasteiger partial charge >= 0.3 is 0 Å². The Labute approximate surface area is 183 Å². The van der Waals surface area contributed by atoms with Crippen molar-refractivity contribution in [2.75, 3.05) is 32.8 Å². The molecule has 0 bridgehead atoms. The van der Waals surface area contributed by atoms with Crippen molar-refractivity contribution < 1.29 is 19.3 Å². The molecule has 0 aromatic heterocycles. The van der Waals surface area contributed by atoms with E-state index in [9.17, 15) is 15.1 Å². The Kier molecular flexibility index (Phi) is 9.82. The Hall–Kier alpha value is -0.750. The number of aliphatic hydroxyl groups is 1. The Morgan fingerprint density at radius 3 is 2.50 bits per heavy atom. The van der Waals surface area contributed by atoms with E-state index in [-0.39, 0.29) is 16.7 Å². The molecule has 0 spiro atoms. The van der Waals surface area contributed by atoms with Crippen molar-refractivity contribution in [3.05, 3.63) is 17.4 Å². The van der Waals surface area contributed by atoms with Crippen molar-refractivity contribution >= 4 is 5.78 Å². The number of ketones is 1. The van der Waals surface area contributed by atoms with Gasteiger partial charge in [-0.25, -0.2) is 0 Å². The van der Waals surface area contributed by atoms with E-state index in [4.69, 9.17) is 4.74 Å². The number of allylic oxidation sites excluding steroid dienone is 1. The molecular weight excluding hydrogens is 378 g/mol. The highest BCUT2D eigenvalue weighted by molar-refractivity contribution is 5.83. The summed E-state index contributed by atoms with van der Waals surface area (Å²) in [5.74, 6) is 1.31. The number of hydrogen-bond acceptors (Lipinski definition) is 4. The zero-order chi connectivity index (χ0) is 21.2. The monoisotopic (exact) mass is 421 g/mol. The van der Waals surface area contributed by atoms with Crippen LogP contribution in [-0.4, -0.2) is 54.5 Å². The van der Waals surface area contributed by atoms with Gasteiger partial charge in [0, 0.05) is 12.3 Å². The van der Waals surface area contributed by atoms with Crippen LogP contribution in [0.1, 0.15) is 83.5 Å². The van der Waals surface area contributed by atoms with Crippen LogP contribution >= 0.6 is 0 Å². The fraction of sp³-hybridized carbons (Fsp3) is 0.880. The molecule has 2 aliphatic carbocycles. The van der Waals surface area contributed by atoms with Crippen LogP contribution in [-0.2, 0) is 9.53 Å². The fourth-order valence-electron chi connectivity index (χ4n) is 5.62. The molecule has 0 amide bonds. The second-order valence-electron chi connectivity index (χ2n) is 9.95. The summed E-state index contributed by atoms with van der Waals surface area (Å²) in [5, 5.41) is 23.0. The number of unbranched alkanes of at least 4 members (excludes halogenated alkanes) is 4. The number of morpholine rings is 1. The second-order valence-corrected chi connectivity index (χ2v) is 9.95. The van der Waals surface area contributed by atoms with Crippen LogP contribution in [0.2, 0.25) is 0 Å². The molecule has 1 saturated heterocycles. The van der Waals surface area contributed by atoms with E-state index in [1.807, 2.05) is 6.08 Å². The maximum atomic E-state index is 12.5. The lowest BCUT2D eigenvalue weighted by atomic mass is 9.84. The minimum absolute atomic E-state index is 0.0721. The normalized spacial score (nSPS) is 28.9. The zero-order valence-electron chi connectivity index (χ0n) is 18.8. The molecule has 5 nitrogen and oxygen atoms in total. The number of rotatable bonds is 11. The van der Waals surface area contributed by atoms with Gasteiger partial charge in [-0.15, -0.1) is 0 Å². The summed E-state index contributed by atoms with van der Waals surface area (Å²) in [6.07, 6.45) is 18.0. The van der Waals surface area contributed by atoms with Gasteiger partial charge in [-0.05, 0) is 50.4 Å². The lowest BCUT2D eigenvalue weighted by Gasteiger charge is -2.45. The first-order valence-electron chi connectivity index (χ1n) is 12.6. The number of carbonyl (C=O) groups is 1.